The van der Waals surface area contributed by atoms with E-state index in [9.17, 15) is 19.2 Å². The number of rotatable bonds is 13. The quantitative estimate of drug-likeness (QED) is 0.116. The molecule has 0 saturated heterocycles. The first-order valence-corrected chi connectivity index (χ1v) is 18.6. The molecule has 0 heterocycles. The second kappa shape index (κ2) is 14.8. The second-order valence-electron chi connectivity index (χ2n) is 14.3. The Morgan fingerprint density at radius 3 is 2.27 bits per heavy atom. The summed E-state index contributed by atoms with van der Waals surface area (Å²) >= 11 is 18.7. The number of carbonyl (C=O) groups is 4. The van der Waals surface area contributed by atoms with Crippen molar-refractivity contribution < 1.29 is 28.7 Å². The van der Waals surface area contributed by atoms with E-state index in [1.165, 1.54) is 6.92 Å². The number of esters is 2. The van der Waals surface area contributed by atoms with Gasteiger partial charge in [-0.15, -0.1) is 23.2 Å². The van der Waals surface area contributed by atoms with E-state index in [-0.39, 0.29) is 35.7 Å². The Bertz CT molecular complexity index is 1590. The first kappa shape index (κ1) is 37.4. The van der Waals surface area contributed by atoms with Gasteiger partial charge in [0.1, 0.15) is 0 Å². The highest BCUT2D eigenvalue weighted by Crippen LogP contribution is 2.69. The van der Waals surface area contributed by atoms with Crippen LogP contribution < -0.4 is 4.90 Å². The molecular weight excluding hydrogens is 685 g/mol. The van der Waals surface area contributed by atoms with Crippen molar-refractivity contribution in [2.45, 2.75) is 71.3 Å². The number of ketones is 2. The molecule has 5 rings (SSSR count). The predicted molar refractivity (Wildman–Crippen MR) is 194 cm³/mol. The molecule has 4 aliphatic carbocycles. The zero-order valence-electron chi connectivity index (χ0n) is 28.6. The third-order valence-electron chi connectivity index (χ3n) is 12.0. The maximum absolute atomic E-state index is 13.4. The Morgan fingerprint density at radius 1 is 0.980 bits per heavy atom. The SMILES string of the molecule is C=C1C(=C)[C@@]2(C)C(=CC1=O)C(Cl)=C[C@@H]1[C@@H]2CC[C@@]2(C)[C@H]1CC[C@]2(OC(=O)COC(=O)CCCc1ccc(N(CCCl)CCCl)cc1)C(C)=O. The summed E-state index contributed by atoms with van der Waals surface area (Å²) < 4.78 is 11.4. The summed E-state index contributed by atoms with van der Waals surface area (Å²) in [4.78, 5) is 54.0. The highest BCUT2D eigenvalue weighted by Gasteiger charge is 2.68. The van der Waals surface area contributed by atoms with Crippen LogP contribution >= 0.6 is 34.8 Å². The predicted octanol–water partition coefficient (Wildman–Crippen LogP) is 7.91. The number of benzene rings is 1. The molecule has 264 valence electrons. The minimum Gasteiger partial charge on any atom is -0.454 e. The number of carbonyl (C=O) groups excluding carboxylic acids is 4. The number of anilines is 1. The van der Waals surface area contributed by atoms with Crippen LogP contribution in [0.25, 0.3) is 0 Å². The van der Waals surface area contributed by atoms with Crippen molar-refractivity contribution in [1.82, 2.24) is 0 Å². The van der Waals surface area contributed by atoms with Crippen molar-refractivity contribution in [2.75, 3.05) is 36.4 Å². The number of alkyl halides is 2. The van der Waals surface area contributed by atoms with E-state index in [4.69, 9.17) is 44.3 Å². The van der Waals surface area contributed by atoms with E-state index in [2.05, 4.69) is 25.0 Å². The van der Waals surface area contributed by atoms with Crippen LogP contribution in [0.2, 0.25) is 0 Å². The smallest absolute Gasteiger partial charge is 0.345 e. The van der Waals surface area contributed by atoms with E-state index in [1.54, 1.807) is 6.08 Å². The van der Waals surface area contributed by atoms with E-state index in [1.807, 2.05) is 37.3 Å². The Morgan fingerprint density at radius 2 is 1.63 bits per heavy atom. The summed E-state index contributed by atoms with van der Waals surface area (Å²) in [6.07, 6.45) is 7.38. The van der Waals surface area contributed by atoms with E-state index >= 15 is 0 Å². The molecular formula is C39H46Cl3NO6. The average Bonchev–Trinajstić information content (AvgIpc) is 3.37. The molecule has 2 fully saturated rings. The van der Waals surface area contributed by atoms with Crippen LogP contribution in [-0.4, -0.2) is 60.6 Å². The van der Waals surface area contributed by atoms with Crippen molar-refractivity contribution in [3.05, 3.63) is 76.9 Å². The van der Waals surface area contributed by atoms with Gasteiger partial charge in [0.25, 0.3) is 0 Å². The van der Waals surface area contributed by atoms with Crippen molar-refractivity contribution >= 4 is 64.0 Å². The summed E-state index contributed by atoms with van der Waals surface area (Å²) in [6, 6.07) is 8.09. The molecule has 4 aliphatic rings. The van der Waals surface area contributed by atoms with Gasteiger partial charge in [0.15, 0.2) is 23.8 Å². The maximum atomic E-state index is 13.4. The molecule has 0 bridgehead atoms. The molecule has 0 spiro atoms. The highest BCUT2D eigenvalue weighted by molar-refractivity contribution is 6.33. The number of ether oxygens (including phenoxy) is 2. The lowest BCUT2D eigenvalue weighted by molar-refractivity contribution is -0.191. The highest BCUT2D eigenvalue weighted by atomic mass is 35.5. The first-order valence-electron chi connectivity index (χ1n) is 17.1. The zero-order valence-corrected chi connectivity index (χ0v) is 30.9. The minimum absolute atomic E-state index is 0.00545. The number of hydrogen-bond acceptors (Lipinski definition) is 7. The minimum atomic E-state index is -1.35. The molecule has 0 radical (unpaired) electrons. The molecule has 0 N–H and O–H groups in total. The van der Waals surface area contributed by atoms with Gasteiger partial charge in [-0.05, 0) is 98.1 Å². The fourth-order valence-electron chi connectivity index (χ4n) is 9.23. The lowest BCUT2D eigenvalue weighted by atomic mass is 9.47. The maximum Gasteiger partial charge on any atom is 0.345 e. The fourth-order valence-corrected chi connectivity index (χ4v) is 10.0. The third-order valence-corrected chi connectivity index (χ3v) is 12.6. The molecule has 10 heteroatoms. The van der Waals surface area contributed by atoms with Crippen molar-refractivity contribution in [3.8, 4) is 0 Å². The molecule has 1 aromatic rings. The van der Waals surface area contributed by atoms with Crippen molar-refractivity contribution in [3.63, 3.8) is 0 Å². The Balaban J connectivity index is 1.20. The van der Waals surface area contributed by atoms with Gasteiger partial charge in [-0.3, -0.25) is 14.4 Å². The van der Waals surface area contributed by atoms with Crippen LogP contribution in [0, 0.1) is 28.6 Å². The zero-order chi connectivity index (χ0) is 35.7. The molecule has 7 nitrogen and oxygen atoms in total. The second-order valence-corrected chi connectivity index (χ2v) is 15.4. The van der Waals surface area contributed by atoms with Gasteiger partial charge in [-0.25, -0.2) is 4.79 Å². The van der Waals surface area contributed by atoms with E-state index in [0.717, 1.165) is 23.2 Å². The normalized spacial score (nSPS) is 30.4. The number of nitrogens with zero attached hydrogens (tertiary/aromatic N) is 1. The van der Waals surface area contributed by atoms with Crippen LogP contribution in [0.1, 0.15) is 64.9 Å². The summed E-state index contributed by atoms with van der Waals surface area (Å²) in [6.45, 7) is 14.8. The van der Waals surface area contributed by atoms with Crippen LogP contribution in [-0.2, 0) is 35.1 Å². The fraction of sp³-hybridized carbons (Fsp3) is 0.538. The number of hydrogen-bond donors (Lipinski definition) is 0. The van der Waals surface area contributed by atoms with Crippen LogP contribution in [0.15, 0.2) is 71.3 Å². The molecule has 49 heavy (non-hydrogen) atoms. The lowest BCUT2D eigenvalue weighted by Gasteiger charge is -2.58. The average molecular weight is 731 g/mol. The first-order chi connectivity index (χ1) is 23.2. The number of Topliss-reactive ketones (excluding diaryl/α,β-unsaturated/α-hetero) is 1. The molecule has 1 aromatic carbocycles. The molecule has 0 amide bonds. The van der Waals surface area contributed by atoms with E-state index in [0.29, 0.717) is 73.1 Å². The van der Waals surface area contributed by atoms with Crippen LogP contribution in [0.4, 0.5) is 5.69 Å². The largest absolute Gasteiger partial charge is 0.454 e. The Labute approximate surface area is 304 Å². The Hall–Kier alpha value is -2.87. The number of aryl methyl sites for hydroxylation is 1. The molecule has 0 aromatic heterocycles. The third kappa shape index (κ3) is 6.68. The van der Waals surface area contributed by atoms with Gasteiger partial charge in [0.2, 0.25) is 0 Å². The summed E-state index contributed by atoms with van der Waals surface area (Å²) in [5.74, 6) is -0.529. The van der Waals surface area contributed by atoms with Gasteiger partial charge in [0.05, 0.1) is 0 Å². The molecule has 2 saturated carbocycles. The van der Waals surface area contributed by atoms with Gasteiger partial charge in [-0.1, -0.05) is 56.8 Å². The van der Waals surface area contributed by atoms with E-state index < -0.39 is 35.0 Å². The van der Waals surface area contributed by atoms with Crippen molar-refractivity contribution in [1.29, 1.82) is 0 Å². The van der Waals surface area contributed by atoms with Gasteiger partial charge < -0.3 is 14.4 Å². The van der Waals surface area contributed by atoms with Crippen molar-refractivity contribution in [2.24, 2.45) is 28.6 Å². The standard InChI is InChI=1S/C39H46Cl3NO6/c1-24-25(2)38(5)31-13-15-37(4)30(29(31)21-33(42)32(38)22-34(24)45)14-16-39(37,26(3)44)49-36(47)23-48-35(46)8-6-7-27-9-11-28(12-10-27)43(19-17-40)20-18-41/h9-12,21-22,29-31H,1-2,6-8,13-20,23H2,3-5H3/t29-,30-,31-,37-,38+,39-/m0/s1. The van der Waals surface area contributed by atoms with Gasteiger partial charge >= 0.3 is 11.9 Å². The number of fused-ring (bicyclic) bond motifs is 5. The Kier molecular flexibility index (Phi) is 11.3. The monoisotopic (exact) mass is 729 g/mol. The van der Waals surface area contributed by atoms with Crippen LogP contribution in [0.3, 0.4) is 0 Å². The van der Waals surface area contributed by atoms with Gasteiger partial charge in [-0.2, -0.15) is 0 Å². The van der Waals surface area contributed by atoms with Crippen LogP contribution in [0.5, 0.6) is 0 Å². The lowest BCUT2D eigenvalue weighted by Crippen LogP contribution is -2.58. The van der Waals surface area contributed by atoms with Gasteiger partial charge in [0, 0.05) is 58.4 Å². The summed E-state index contributed by atoms with van der Waals surface area (Å²) in [5.41, 5.74) is 1.42. The summed E-state index contributed by atoms with van der Waals surface area (Å²) in [7, 11) is 0. The molecule has 6 atom stereocenters. The molecule has 0 aliphatic heterocycles. The summed E-state index contributed by atoms with van der Waals surface area (Å²) in [5, 5.41) is 0.521. The molecule has 0 unspecified atom stereocenters. The number of halogens is 3. The topological polar surface area (TPSA) is 90.0 Å². The number of allylic oxidation sites excluding steroid dienone is 6.